The first-order chi connectivity index (χ1) is 10.8. The Balaban J connectivity index is 1.73. The molecule has 1 aliphatic rings. The van der Waals surface area contributed by atoms with Crippen molar-refractivity contribution in [1.82, 2.24) is 10.6 Å². The maximum atomic E-state index is 12.1. The second-order valence-corrected chi connectivity index (χ2v) is 5.63. The molecule has 1 amide bonds. The van der Waals surface area contributed by atoms with Crippen LogP contribution in [0.1, 0.15) is 29.6 Å². The van der Waals surface area contributed by atoms with Gasteiger partial charge in [0.1, 0.15) is 5.75 Å². The molecule has 1 saturated heterocycles. The van der Waals surface area contributed by atoms with Gasteiger partial charge >= 0.3 is 0 Å². The van der Waals surface area contributed by atoms with Crippen molar-refractivity contribution in [3.05, 3.63) is 29.8 Å². The van der Waals surface area contributed by atoms with Crippen LogP contribution in [0.3, 0.4) is 0 Å². The highest BCUT2D eigenvalue weighted by Gasteiger charge is 2.14. The van der Waals surface area contributed by atoms with Crippen LogP contribution in [0.2, 0.25) is 0 Å². The van der Waals surface area contributed by atoms with E-state index in [9.17, 15) is 4.79 Å². The van der Waals surface area contributed by atoms with E-state index in [2.05, 4.69) is 10.6 Å². The molecule has 5 nitrogen and oxygen atoms in total. The molecule has 1 atom stereocenters. The summed E-state index contributed by atoms with van der Waals surface area (Å²) in [6.45, 7) is 4.16. The van der Waals surface area contributed by atoms with Gasteiger partial charge in [-0.05, 0) is 50.0 Å². The van der Waals surface area contributed by atoms with E-state index >= 15 is 0 Å². The van der Waals surface area contributed by atoms with Crippen molar-refractivity contribution < 1.29 is 14.3 Å². The van der Waals surface area contributed by atoms with Gasteiger partial charge in [-0.3, -0.25) is 4.79 Å². The monoisotopic (exact) mass is 306 g/mol. The van der Waals surface area contributed by atoms with Gasteiger partial charge in [-0.1, -0.05) is 6.07 Å². The van der Waals surface area contributed by atoms with E-state index in [-0.39, 0.29) is 5.91 Å². The second-order valence-electron chi connectivity index (χ2n) is 5.63. The lowest BCUT2D eigenvalue weighted by Gasteiger charge is -2.10. The number of carbonyl (C=O) groups excluding carboxylic acids is 1. The summed E-state index contributed by atoms with van der Waals surface area (Å²) in [6, 6.07) is 7.32. The van der Waals surface area contributed by atoms with Gasteiger partial charge in [-0.15, -0.1) is 0 Å². The van der Waals surface area contributed by atoms with Gasteiger partial charge in [-0.25, -0.2) is 0 Å². The van der Waals surface area contributed by atoms with E-state index in [1.165, 1.54) is 6.42 Å². The van der Waals surface area contributed by atoms with Crippen molar-refractivity contribution in [3.63, 3.8) is 0 Å². The molecule has 22 heavy (non-hydrogen) atoms. The molecule has 0 radical (unpaired) electrons. The van der Waals surface area contributed by atoms with Gasteiger partial charge < -0.3 is 20.1 Å². The van der Waals surface area contributed by atoms with Crippen LogP contribution < -0.4 is 15.4 Å². The third-order valence-corrected chi connectivity index (χ3v) is 3.86. The average Bonchev–Trinajstić information content (AvgIpc) is 3.05. The fourth-order valence-corrected chi connectivity index (χ4v) is 2.57. The van der Waals surface area contributed by atoms with Gasteiger partial charge in [-0.2, -0.15) is 0 Å². The molecule has 0 saturated carbocycles. The highest BCUT2D eigenvalue weighted by Crippen LogP contribution is 2.14. The summed E-state index contributed by atoms with van der Waals surface area (Å²) in [4.78, 5) is 12.1. The third-order valence-electron chi connectivity index (χ3n) is 3.86. The van der Waals surface area contributed by atoms with E-state index in [1.807, 2.05) is 18.2 Å². The molecular formula is C17H26N2O3. The van der Waals surface area contributed by atoms with E-state index < -0.39 is 0 Å². The van der Waals surface area contributed by atoms with E-state index in [1.54, 1.807) is 13.2 Å². The molecule has 0 spiro atoms. The van der Waals surface area contributed by atoms with E-state index in [0.717, 1.165) is 38.2 Å². The van der Waals surface area contributed by atoms with Crippen LogP contribution in [-0.4, -0.2) is 45.9 Å². The largest absolute Gasteiger partial charge is 0.493 e. The molecule has 5 heteroatoms. The van der Waals surface area contributed by atoms with Gasteiger partial charge in [0.25, 0.3) is 5.91 Å². The lowest BCUT2D eigenvalue weighted by molar-refractivity contribution is 0.0951. The lowest BCUT2D eigenvalue weighted by Crippen LogP contribution is -2.26. The number of ether oxygens (including phenoxy) is 2. The molecule has 0 aromatic heterocycles. The van der Waals surface area contributed by atoms with Crippen molar-refractivity contribution in [3.8, 4) is 5.75 Å². The van der Waals surface area contributed by atoms with E-state index in [0.29, 0.717) is 24.7 Å². The highest BCUT2D eigenvalue weighted by atomic mass is 16.5. The zero-order valence-corrected chi connectivity index (χ0v) is 13.3. The van der Waals surface area contributed by atoms with Crippen LogP contribution in [-0.2, 0) is 4.74 Å². The quantitative estimate of drug-likeness (QED) is 0.683. The first kappa shape index (κ1) is 16.8. The summed E-state index contributed by atoms with van der Waals surface area (Å²) in [5.74, 6) is 1.38. The Bertz CT molecular complexity index is 459. The van der Waals surface area contributed by atoms with Crippen molar-refractivity contribution in [2.24, 2.45) is 5.92 Å². The first-order valence-corrected chi connectivity index (χ1v) is 8.00. The number of methoxy groups -OCH3 is 1. The molecule has 1 fully saturated rings. The molecule has 1 aromatic carbocycles. The van der Waals surface area contributed by atoms with Crippen molar-refractivity contribution >= 4 is 5.91 Å². The van der Waals surface area contributed by atoms with Gasteiger partial charge in [0, 0.05) is 32.2 Å². The van der Waals surface area contributed by atoms with Crippen LogP contribution in [0.4, 0.5) is 0 Å². The summed E-state index contributed by atoms with van der Waals surface area (Å²) in [7, 11) is 1.67. The van der Waals surface area contributed by atoms with Gasteiger partial charge in [0.15, 0.2) is 0 Å². The molecule has 1 unspecified atom stereocenters. The summed E-state index contributed by atoms with van der Waals surface area (Å²) >= 11 is 0. The maximum Gasteiger partial charge on any atom is 0.251 e. The topological polar surface area (TPSA) is 59.6 Å². The summed E-state index contributed by atoms with van der Waals surface area (Å²) < 4.78 is 10.6. The van der Waals surface area contributed by atoms with Crippen LogP contribution in [0, 0.1) is 5.92 Å². The number of amides is 1. The van der Waals surface area contributed by atoms with Crippen LogP contribution in [0.5, 0.6) is 5.75 Å². The molecule has 0 aliphatic carbocycles. The number of carbonyl (C=O) groups is 1. The number of benzene rings is 1. The normalized spacial score (nSPS) is 17.4. The Kier molecular flexibility index (Phi) is 7.19. The lowest BCUT2D eigenvalue weighted by atomic mass is 10.1. The maximum absolute atomic E-state index is 12.1. The van der Waals surface area contributed by atoms with Gasteiger partial charge in [0.05, 0.1) is 6.61 Å². The summed E-state index contributed by atoms with van der Waals surface area (Å²) in [6.07, 6.45) is 3.08. The van der Waals surface area contributed by atoms with Crippen molar-refractivity contribution in [2.75, 3.05) is 40.0 Å². The first-order valence-electron chi connectivity index (χ1n) is 8.00. The van der Waals surface area contributed by atoms with Crippen LogP contribution >= 0.6 is 0 Å². The molecule has 1 heterocycles. The zero-order chi connectivity index (χ0) is 15.6. The van der Waals surface area contributed by atoms with Crippen molar-refractivity contribution in [2.45, 2.75) is 19.3 Å². The van der Waals surface area contributed by atoms with Crippen LogP contribution in [0.25, 0.3) is 0 Å². The number of nitrogens with one attached hydrogen (secondary N) is 2. The SMILES string of the molecule is COCCCOc1cccc(C(=O)NCCC2CCNC2)c1. The number of hydrogen-bond donors (Lipinski definition) is 2. The molecule has 1 aromatic rings. The Morgan fingerprint density at radius 1 is 1.41 bits per heavy atom. The number of rotatable bonds is 9. The molecule has 1 aliphatic heterocycles. The average molecular weight is 306 g/mol. The third kappa shape index (κ3) is 5.66. The summed E-state index contributed by atoms with van der Waals surface area (Å²) in [5.41, 5.74) is 0.647. The molecule has 0 bridgehead atoms. The number of hydrogen-bond acceptors (Lipinski definition) is 4. The predicted octanol–water partition coefficient (Wildman–Crippen LogP) is 1.83. The minimum atomic E-state index is -0.0340. The predicted molar refractivity (Wildman–Crippen MR) is 86.4 cm³/mol. The molecule has 2 rings (SSSR count). The molecule has 122 valence electrons. The molecular weight excluding hydrogens is 280 g/mol. The second kappa shape index (κ2) is 9.43. The van der Waals surface area contributed by atoms with E-state index in [4.69, 9.17) is 9.47 Å². The minimum absolute atomic E-state index is 0.0340. The molecule has 2 N–H and O–H groups in total. The fraction of sp³-hybridized carbons (Fsp3) is 0.588. The Morgan fingerprint density at radius 2 is 2.32 bits per heavy atom. The summed E-state index contributed by atoms with van der Waals surface area (Å²) in [5, 5.41) is 6.33. The zero-order valence-electron chi connectivity index (χ0n) is 13.3. The van der Waals surface area contributed by atoms with Crippen molar-refractivity contribution in [1.29, 1.82) is 0 Å². The minimum Gasteiger partial charge on any atom is -0.493 e. The van der Waals surface area contributed by atoms with Gasteiger partial charge in [0.2, 0.25) is 0 Å². The fourth-order valence-electron chi connectivity index (χ4n) is 2.57. The Hall–Kier alpha value is -1.59. The smallest absolute Gasteiger partial charge is 0.251 e. The van der Waals surface area contributed by atoms with Crippen LogP contribution in [0.15, 0.2) is 24.3 Å². The Morgan fingerprint density at radius 3 is 3.09 bits per heavy atom. The Labute approximate surface area is 132 Å². The standard InChI is InChI=1S/C17H26N2O3/c1-21-10-3-11-22-16-5-2-4-15(12-16)17(20)19-9-7-14-6-8-18-13-14/h2,4-5,12,14,18H,3,6-11,13H2,1H3,(H,19,20). The highest BCUT2D eigenvalue weighted by molar-refractivity contribution is 5.94.